The molecule has 0 unspecified atom stereocenters. The Morgan fingerprint density at radius 1 is 1.44 bits per heavy atom. The summed E-state index contributed by atoms with van der Waals surface area (Å²) in [5.41, 5.74) is 0. The van der Waals surface area contributed by atoms with Gasteiger partial charge in [-0.25, -0.2) is 0 Å². The molecule has 0 saturated carbocycles. The Morgan fingerprint density at radius 2 is 2.12 bits per heavy atom. The fourth-order valence-electron chi connectivity index (χ4n) is 1.68. The predicted molar refractivity (Wildman–Crippen MR) is 57.8 cm³/mol. The molecule has 0 aromatic carbocycles. The maximum atomic E-state index is 11.4. The first-order chi connectivity index (χ1) is 7.52. The number of esters is 2. The van der Waals surface area contributed by atoms with Gasteiger partial charge in [0, 0.05) is 19.4 Å². The number of methoxy groups -OCH3 is 1. The average Bonchev–Trinajstić information content (AvgIpc) is 2.63. The largest absolute Gasteiger partial charge is 0.468 e. The standard InChI is InChI=1S/C11H19NO4/c1-7(2)4-10(13)16-8-5-9(12-6-8)11(14)15-3/h7-9,12H,4-6H2,1-3H3/t8-,9-/m0/s1. The molecule has 1 aliphatic heterocycles. The second kappa shape index (κ2) is 5.84. The highest BCUT2D eigenvalue weighted by molar-refractivity contribution is 5.76. The second-order valence-electron chi connectivity index (χ2n) is 4.43. The first-order valence-corrected chi connectivity index (χ1v) is 5.53. The molecule has 5 nitrogen and oxygen atoms in total. The van der Waals surface area contributed by atoms with Gasteiger partial charge in [-0.15, -0.1) is 0 Å². The molecule has 2 atom stereocenters. The van der Waals surface area contributed by atoms with Gasteiger partial charge in [0.25, 0.3) is 0 Å². The van der Waals surface area contributed by atoms with Gasteiger partial charge in [0.2, 0.25) is 0 Å². The molecule has 1 fully saturated rings. The molecule has 92 valence electrons. The van der Waals surface area contributed by atoms with Gasteiger partial charge < -0.3 is 14.8 Å². The fourth-order valence-corrected chi connectivity index (χ4v) is 1.68. The Morgan fingerprint density at radius 3 is 2.69 bits per heavy atom. The van der Waals surface area contributed by atoms with Crippen molar-refractivity contribution in [3.05, 3.63) is 0 Å². The summed E-state index contributed by atoms with van der Waals surface area (Å²) in [6.45, 7) is 4.44. The van der Waals surface area contributed by atoms with E-state index >= 15 is 0 Å². The van der Waals surface area contributed by atoms with Crippen molar-refractivity contribution in [1.29, 1.82) is 0 Å². The van der Waals surface area contributed by atoms with Crippen molar-refractivity contribution >= 4 is 11.9 Å². The van der Waals surface area contributed by atoms with Gasteiger partial charge in [-0.3, -0.25) is 9.59 Å². The van der Waals surface area contributed by atoms with Crippen LogP contribution in [0.5, 0.6) is 0 Å². The van der Waals surface area contributed by atoms with Gasteiger partial charge >= 0.3 is 11.9 Å². The summed E-state index contributed by atoms with van der Waals surface area (Å²) in [6, 6.07) is -0.346. The Labute approximate surface area is 95.5 Å². The third-order valence-electron chi connectivity index (χ3n) is 2.45. The Balaban J connectivity index is 2.31. The first-order valence-electron chi connectivity index (χ1n) is 5.53. The molecule has 5 heteroatoms. The quantitative estimate of drug-likeness (QED) is 0.710. The van der Waals surface area contributed by atoms with Gasteiger partial charge in [-0.1, -0.05) is 13.8 Å². The van der Waals surface area contributed by atoms with Gasteiger partial charge in [-0.05, 0) is 5.92 Å². The van der Waals surface area contributed by atoms with Crippen LogP contribution in [0.15, 0.2) is 0 Å². The van der Waals surface area contributed by atoms with Crippen LogP contribution in [0.25, 0.3) is 0 Å². The topological polar surface area (TPSA) is 64.6 Å². The number of carbonyl (C=O) groups is 2. The van der Waals surface area contributed by atoms with E-state index in [1.165, 1.54) is 7.11 Å². The third-order valence-corrected chi connectivity index (χ3v) is 2.45. The zero-order valence-electron chi connectivity index (χ0n) is 9.99. The lowest BCUT2D eigenvalue weighted by molar-refractivity contribution is -0.150. The minimum Gasteiger partial charge on any atom is -0.468 e. The Bertz CT molecular complexity index is 265. The average molecular weight is 229 g/mol. The van der Waals surface area contributed by atoms with Crippen LogP contribution < -0.4 is 5.32 Å². The maximum Gasteiger partial charge on any atom is 0.323 e. The van der Waals surface area contributed by atoms with Crippen LogP contribution >= 0.6 is 0 Å². The van der Waals surface area contributed by atoms with Crippen LogP contribution in [-0.2, 0) is 19.1 Å². The second-order valence-corrected chi connectivity index (χ2v) is 4.43. The van der Waals surface area contributed by atoms with Crippen LogP contribution in [0.4, 0.5) is 0 Å². The zero-order chi connectivity index (χ0) is 12.1. The molecule has 0 radical (unpaired) electrons. The lowest BCUT2D eigenvalue weighted by Gasteiger charge is -2.12. The molecule has 0 aromatic heterocycles. The summed E-state index contributed by atoms with van der Waals surface area (Å²) in [5, 5.41) is 2.96. The zero-order valence-corrected chi connectivity index (χ0v) is 9.99. The van der Waals surface area contributed by atoms with Gasteiger partial charge in [0.15, 0.2) is 0 Å². The van der Waals surface area contributed by atoms with Crippen molar-refractivity contribution in [2.24, 2.45) is 5.92 Å². The summed E-state index contributed by atoms with van der Waals surface area (Å²) >= 11 is 0. The Hall–Kier alpha value is -1.10. The first kappa shape index (κ1) is 13.0. The molecular formula is C11H19NO4. The van der Waals surface area contributed by atoms with Crippen LogP contribution in [0.1, 0.15) is 26.7 Å². The van der Waals surface area contributed by atoms with E-state index in [1.54, 1.807) is 0 Å². The van der Waals surface area contributed by atoms with E-state index in [0.29, 0.717) is 25.3 Å². The Kier molecular flexibility index (Phi) is 4.73. The van der Waals surface area contributed by atoms with Crippen molar-refractivity contribution in [2.75, 3.05) is 13.7 Å². The molecule has 0 bridgehead atoms. The van der Waals surface area contributed by atoms with Crippen molar-refractivity contribution in [1.82, 2.24) is 5.32 Å². The fraction of sp³-hybridized carbons (Fsp3) is 0.818. The van der Waals surface area contributed by atoms with E-state index in [-0.39, 0.29) is 24.1 Å². The minimum atomic E-state index is -0.346. The van der Waals surface area contributed by atoms with Crippen LogP contribution in [0.2, 0.25) is 0 Å². The molecular weight excluding hydrogens is 210 g/mol. The number of ether oxygens (including phenoxy) is 2. The number of hydrogen-bond donors (Lipinski definition) is 1. The molecule has 0 amide bonds. The summed E-state index contributed by atoms with van der Waals surface area (Å²) in [6.07, 6.45) is 0.700. The van der Waals surface area contributed by atoms with Crippen LogP contribution in [0, 0.1) is 5.92 Å². The van der Waals surface area contributed by atoms with E-state index in [4.69, 9.17) is 4.74 Å². The normalized spacial score (nSPS) is 24.5. The monoisotopic (exact) mass is 229 g/mol. The van der Waals surface area contributed by atoms with Crippen molar-refractivity contribution in [2.45, 2.75) is 38.8 Å². The van der Waals surface area contributed by atoms with E-state index < -0.39 is 0 Å². The van der Waals surface area contributed by atoms with Crippen molar-refractivity contribution < 1.29 is 19.1 Å². The lowest BCUT2D eigenvalue weighted by Crippen LogP contribution is -2.31. The summed E-state index contributed by atoms with van der Waals surface area (Å²) < 4.78 is 9.85. The minimum absolute atomic E-state index is 0.202. The highest BCUT2D eigenvalue weighted by atomic mass is 16.5. The van der Waals surface area contributed by atoms with E-state index in [2.05, 4.69) is 10.1 Å². The lowest BCUT2D eigenvalue weighted by atomic mass is 10.1. The summed E-state index contributed by atoms with van der Waals surface area (Å²) in [4.78, 5) is 22.6. The van der Waals surface area contributed by atoms with E-state index in [9.17, 15) is 9.59 Å². The molecule has 1 N–H and O–H groups in total. The van der Waals surface area contributed by atoms with Gasteiger partial charge in [-0.2, -0.15) is 0 Å². The molecule has 0 aliphatic carbocycles. The number of carbonyl (C=O) groups excluding carboxylic acids is 2. The van der Waals surface area contributed by atoms with Crippen molar-refractivity contribution in [3.8, 4) is 0 Å². The summed E-state index contributed by atoms with van der Waals surface area (Å²) in [7, 11) is 1.35. The van der Waals surface area contributed by atoms with E-state index in [1.807, 2.05) is 13.8 Å². The molecule has 1 heterocycles. The number of rotatable bonds is 4. The molecule has 1 rings (SSSR count). The van der Waals surface area contributed by atoms with Crippen LogP contribution in [-0.4, -0.2) is 37.7 Å². The third kappa shape index (κ3) is 3.81. The number of hydrogen-bond acceptors (Lipinski definition) is 5. The SMILES string of the molecule is COC(=O)[C@@H]1C[C@H](OC(=O)CC(C)C)CN1. The molecule has 16 heavy (non-hydrogen) atoms. The van der Waals surface area contributed by atoms with Gasteiger partial charge in [0.05, 0.1) is 7.11 Å². The molecule has 1 saturated heterocycles. The highest BCUT2D eigenvalue weighted by Crippen LogP contribution is 2.13. The van der Waals surface area contributed by atoms with E-state index in [0.717, 1.165) is 0 Å². The molecule has 1 aliphatic rings. The van der Waals surface area contributed by atoms with Gasteiger partial charge in [0.1, 0.15) is 12.1 Å². The molecule has 0 spiro atoms. The number of nitrogens with one attached hydrogen (secondary N) is 1. The molecule has 0 aromatic rings. The van der Waals surface area contributed by atoms with Crippen molar-refractivity contribution in [3.63, 3.8) is 0 Å². The maximum absolute atomic E-state index is 11.4. The highest BCUT2D eigenvalue weighted by Gasteiger charge is 2.32. The van der Waals surface area contributed by atoms with Crippen LogP contribution in [0.3, 0.4) is 0 Å². The predicted octanol–water partition coefficient (Wildman–Crippen LogP) is 0.479. The summed E-state index contributed by atoms with van der Waals surface area (Å²) in [5.74, 6) is -0.215. The smallest absolute Gasteiger partial charge is 0.323 e.